The molecule has 0 bridgehead atoms. The van der Waals surface area contributed by atoms with Crippen molar-refractivity contribution in [1.29, 1.82) is 0 Å². The average molecular weight is 532 g/mol. The molecule has 0 aliphatic carbocycles. The van der Waals surface area contributed by atoms with Crippen LogP contribution in [-0.4, -0.2) is 42.1 Å². The molecular weight excluding hydrogens is 503 g/mol. The maximum atomic E-state index is 5.60. The molecule has 0 amide bonds. The van der Waals surface area contributed by atoms with Gasteiger partial charge in [0.1, 0.15) is 12.1 Å². The van der Waals surface area contributed by atoms with Crippen molar-refractivity contribution in [3.05, 3.63) is 66.2 Å². The highest BCUT2D eigenvalue weighted by Crippen LogP contribution is 2.19. The fourth-order valence-corrected chi connectivity index (χ4v) is 3.56. The summed E-state index contributed by atoms with van der Waals surface area (Å²) in [7, 11) is 1.79. The van der Waals surface area contributed by atoms with Gasteiger partial charge in [0.2, 0.25) is 5.89 Å². The lowest BCUT2D eigenvalue weighted by Crippen LogP contribution is -2.48. The van der Waals surface area contributed by atoms with Gasteiger partial charge in [-0.1, -0.05) is 24.3 Å². The fourth-order valence-electron chi connectivity index (χ4n) is 3.56. The number of hydrogen-bond acceptors (Lipinski definition) is 5. The molecule has 1 saturated heterocycles. The molecule has 1 fully saturated rings. The molecule has 31 heavy (non-hydrogen) atoms. The van der Waals surface area contributed by atoms with Crippen molar-refractivity contribution >= 4 is 35.8 Å². The summed E-state index contributed by atoms with van der Waals surface area (Å²) in [4.78, 5) is 15.8. The first-order valence-corrected chi connectivity index (χ1v) is 10.4. The lowest BCUT2D eigenvalue weighted by Gasteiger charge is -2.33. The molecular formula is C23H29IN6O. The molecule has 0 unspecified atom stereocenters. The third kappa shape index (κ3) is 6.19. The minimum absolute atomic E-state index is 0. The van der Waals surface area contributed by atoms with Gasteiger partial charge in [0.05, 0.1) is 12.2 Å². The minimum Gasteiger partial charge on any atom is -0.444 e. The van der Waals surface area contributed by atoms with Crippen molar-refractivity contribution in [3.8, 4) is 11.5 Å². The molecule has 0 atom stereocenters. The highest BCUT2D eigenvalue weighted by atomic mass is 127. The number of pyridine rings is 1. The second-order valence-corrected chi connectivity index (χ2v) is 7.54. The number of aryl methyl sites for hydroxylation is 1. The van der Waals surface area contributed by atoms with E-state index >= 15 is 0 Å². The zero-order chi connectivity index (χ0) is 20.8. The number of nitrogens with zero attached hydrogens (tertiary/aromatic N) is 4. The summed E-state index contributed by atoms with van der Waals surface area (Å²) in [6.45, 7) is 4.58. The van der Waals surface area contributed by atoms with Gasteiger partial charge >= 0.3 is 0 Å². The number of rotatable bonds is 5. The van der Waals surface area contributed by atoms with E-state index in [1.807, 2.05) is 36.5 Å². The second-order valence-electron chi connectivity index (χ2n) is 7.54. The zero-order valence-electron chi connectivity index (χ0n) is 17.9. The van der Waals surface area contributed by atoms with Gasteiger partial charge in [-0.15, -0.1) is 24.0 Å². The van der Waals surface area contributed by atoms with Crippen LogP contribution in [0.2, 0.25) is 0 Å². The summed E-state index contributed by atoms with van der Waals surface area (Å²) in [5.41, 5.74) is 3.01. The van der Waals surface area contributed by atoms with E-state index in [2.05, 4.69) is 49.6 Å². The van der Waals surface area contributed by atoms with Gasteiger partial charge in [-0.05, 0) is 43.5 Å². The topological polar surface area (TPSA) is 78.6 Å². The molecule has 164 valence electrons. The molecule has 0 spiro atoms. The molecule has 2 N–H and O–H groups in total. The Morgan fingerprint density at radius 1 is 1.16 bits per heavy atom. The van der Waals surface area contributed by atoms with Crippen LogP contribution in [0.4, 0.5) is 5.82 Å². The molecule has 7 nitrogen and oxygen atoms in total. The smallest absolute Gasteiger partial charge is 0.226 e. The number of nitrogens with one attached hydrogen (secondary N) is 2. The van der Waals surface area contributed by atoms with Gasteiger partial charge in [0, 0.05) is 37.9 Å². The lowest BCUT2D eigenvalue weighted by molar-refractivity contribution is 0.459. The Bertz CT molecular complexity index is 965. The Balaban J connectivity index is 0.00000272. The van der Waals surface area contributed by atoms with E-state index in [0.717, 1.165) is 49.0 Å². The van der Waals surface area contributed by atoms with Crippen molar-refractivity contribution < 1.29 is 4.42 Å². The summed E-state index contributed by atoms with van der Waals surface area (Å²) in [5.74, 6) is 2.47. The summed E-state index contributed by atoms with van der Waals surface area (Å²) in [5, 5.41) is 6.87. The number of aromatic nitrogens is 2. The minimum atomic E-state index is 0. The number of aliphatic imine (C=N–C) groups is 1. The van der Waals surface area contributed by atoms with Crippen molar-refractivity contribution in [2.24, 2.45) is 4.99 Å². The zero-order valence-corrected chi connectivity index (χ0v) is 20.2. The Hall–Kier alpha value is -2.62. The van der Waals surface area contributed by atoms with Gasteiger partial charge in [-0.25, -0.2) is 9.97 Å². The molecule has 0 radical (unpaired) electrons. The quantitative estimate of drug-likeness (QED) is 0.294. The monoisotopic (exact) mass is 532 g/mol. The molecule has 2 aromatic heterocycles. The van der Waals surface area contributed by atoms with Crippen LogP contribution in [0.15, 0.2) is 64.3 Å². The molecule has 3 heterocycles. The molecule has 4 rings (SSSR count). The van der Waals surface area contributed by atoms with Crippen molar-refractivity contribution in [2.45, 2.75) is 32.4 Å². The normalized spacial score (nSPS) is 14.8. The number of oxazole rings is 1. The third-order valence-electron chi connectivity index (χ3n) is 5.29. The first-order valence-electron chi connectivity index (χ1n) is 10.4. The summed E-state index contributed by atoms with van der Waals surface area (Å²) >= 11 is 0. The lowest BCUT2D eigenvalue weighted by atomic mass is 10.1. The Kier molecular flexibility index (Phi) is 8.27. The summed E-state index contributed by atoms with van der Waals surface area (Å²) in [6, 6.07) is 14.5. The molecule has 0 saturated carbocycles. The number of hydrogen-bond donors (Lipinski definition) is 2. The number of anilines is 1. The van der Waals surface area contributed by atoms with Gasteiger partial charge in [0.25, 0.3) is 0 Å². The molecule has 1 aliphatic heterocycles. The maximum Gasteiger partial charge on any atom is 0.226 e. The number of benzene rings is 1. The van der Waals surface area contributed by atoms with Crippen LogP contribution in [-0.2, 0) is 6.54 Å². The van der Waals surface area contributed by atoms with E-state index in [0.29, 0.717) is 18.5 Å². The van der Waals surface area contributed by atoms with E-state index in [9.17, 15) is 0 Å². The third-order valence-corrected chi connectivity index (χ3v) is 5.29. The van der Waals surface area contributed by atoms with E-state index < -0.39 is 0 Å². The van der Waals surface area contributed by atoms with Crippen LogP contribution >= 0.6 is 24.0 Å². The van der Waals surface area contributed by atoms with Crippen LogP contribution in [0.5, 0.6) is 0 Å². The molecule has 8 heteroatoms. The van der Waals surface area contributed by atoms with Crippen molar-refractivity contribution in [1.82, 2.24) is 20.6 Å². The number of piperidine rings is 1. The first-order chi connectivity index (χ1) is 14.7. The summed E-state index contributed by atoms with van der Waals surface area (Å²) < 4.78 is 5.60. The Labute approximate surface area is 200 Å². The van der Waals surface area contributed by atoms with E-state index in [1.54, 1.807) is 13.3 Å². The summed E-state index contributed by atoms with van der Waals surface area (Å²) in [6.07, 6.45) is 5.70. The predicted molar refractivity (Wildman–Crippen MR) is 135 cm³/mol. The predicted octanol–water partition coefficient (Wildman–Crippen LogP) is 4.00. The largest absolute Gasteiger partial charge is 0.444 e. The van der Waals surface area contributed by atoms with Crippen molar-refractivity contribution in [2.75, 3.05) is 25.0 Å². The van der Waals surface area contributed by atoms with Crippen molar-refractivity contribution in [3.63, 3.8) is 0 Å². The van der Waals surface area contributed by atoms with Crippen LogP contribution in [0.1, 0.15) is 24.1 Å². The molecule has 1 aliphatic rings. The standard InChI is InChI=1S/C23H28N6O.HI/c1-17-8-9-21(25-14-17)29-12-10-19(11-13-29)28-23(24-2)26-15-20-16-30-22(27-20)18-6-4-3-5-7-18;/h3-9,14,16,19H,10-13,15H2,1-2H3,(H2,24,26,28);1H. The number of halogens is 1. The van der Waals surface area contributed by atoms with Gasteiger partial charge in [0.15, 0.2) is 5.96 Å². The number of guanidine groups is 1. The Morgan fingerprint density at radius 2 is 1.94 bits per heavy atom. The highest BCUT2D eigenvalue weighted by Gasteiger charge is 2.21. The fraction of sp³-hybridized carbons (Fsp3) is 0.348. The van der Waals surface area contributed by atoms with Crippen LogP contribution < -0.4 is 15.5 Å². The maximum absolute atomic E-state index is 5.60. The van der Waals surface area contributed by atoms with Gasteiger partial charge in [-0.3, -0.25) is 4.99 Å². The highest BCUT2D eigenvalue weighted by molar-refractivity contribution is 14.0. The van der Waals surface area contributed by atoms with E-state index in [1.165, 1.54) is 5.56 Å². The SMILES string of the molecule is CN=C(NCc1coc(-c2ccccc2)n1)NC1CCN(c2ccc(C)cn2)CC1.I. The van der Waals surface area contributed by atoms with E-state index in [-0.39, 0.29) is 24.0 Å². The van der Waals surface area contributed by atoms with Crippen LogP contribution in [0.25, 0.3) is 11.5 Å². The van der Waals surface area contributed by atoms with Gasteiger partial charge in [-0.2, -0.15) is 0 Å². The first kappa shape index (κ1) is 23.1. The van der Waals surface area contributed by atoms with E-state index in [4.69, 9.17) is 4.42 Å². The average Bonchev–Trinajstić information content (AvgIpc) is 3.27. The van der Waals surface area contributed by atoms with Gasteiger partial charge < -0.3 is 20.0 Å². The molecule has 3 aromatic rings. The molecule has 1 aromatic carbocycles. The second kappa shape index (κ2) is 11.1. The Morgan fingerprint density at radius 3 is 2.61 bits per heavy atom. The van der Waals surface area contributed by atoms with Crippen LogP contribution in [0.3, 0.4) is 0 Å². The van der Waals surface area contributed by atoms with Crippen LogP contribution in [0, 0.1) is 6.92 Å².